The zero-order chi connectivity index (χ0) is 38.6. The molecule has 0 aromatic heterocycles. The molecule has 0 saturated carbocycles. The van der Waals surface area contributed by atoms with Crippen molar-refractivity contribution in [3.8, 4) is 0 Å². The number of allylic oxidation sites excluding steroid dienone is 1. The minimum absolute atomic E-state index is 0.0645. The van der Waals surface area contributed by atoms with Gasteiger partial charge in [-0.1, -0.05) is 193 Å². The van der Waals surface area contributed by atoms with Crippen LogP contribution in [0.5, 0.6) is 0 Å². The number of amides is 1. The highest BCUT2D eigenvalue weighted by Crippen LogP contribution is 2.43. The van der Waals surface area contributed by atoms with Crippen LogP contribution in [0.4, 0.5) is 0 Å². The first-order valence-electron chi connectivity index (χ1n) is 22.1. The van der Waals surface area contributed by atoms with Crippen LogP contribution in [0.1, 0.15) is 206 Å². The smallest absolute Gasteiger partial charge is 0.387 e. The third kappa shape index (κ3) is 37.6. The molecule has 0 aromatic carbocycles. The third-order valence-electron chi connectivity index (χ3n) is 10.0. The van der Waals surface area contributed by atoms with Crippen LogP contribution in [-0.4, -0.2) is 73.4 Å². The highest BCUT2D eigenvalue weighted by Gasteiger charge is 2.27. The molecule has 3 N–H and O–H groups in total. The van der Waals surface area contributed by atoms with Crippen LogP contribution in [0, 0.1) is 0 Å². The average Bonchev–Trinajstić information content (AvgIpc) is 3.09. The summed E-state index contributed by atoms with van der Waals surface area (Å²) in [6, 6.07) is -0.839. The van der Waals surface area contributed by atoms with Gasteiger partial charge in [-0.05, 0) is 19.3 Å². The van der Waals surface area contributed by atoms with Gasteiger partial charge < -0.3 is 19.8 Å². The van der Waals surface area contributed by atoms with Gasteiger partial charge in [0, 0.05) is 6.42 Å². The van der Waals surface area contributed by atoms with Crippen molar-refractivity contribution < 1.29 is 32.9 Å². The number of phosphoric ester groups is 1. The maximum atomic E-state index is 12.8. The predicted octanol–water partition coefficient (Wildman–Crippen LogP) is 12.0. The molecule has 52 heavy (non-hydrogen) atoms. The molecule has 0 rings (SSSR count). The second-order valence-electron chi connectivity index (χ2n) is 16.4. The number of nitrogens with zero attached hydrogens (tertiary/aromatic N) is 1. The lowest BCUT2D eigenvalue weighted by Crippen LogP contribution is -2.45. The maximum Gasteiger partial charge on any atom is 0.472 e. The van der Waals surface area contributed by atoms with Crippen LogP contribution in [-0.2, 0) is 18.4 Å². The van der Waals surface area contributed by atoms with E-state index >= 15 is 0 Å². The summed E-state index contributed by atoms with van der Waals surface area (Å²) < 4.78 is 23.5. The second kappa shape index (κ2) is 35.9. The molecule has 0 saturated heterocycles. The summed E-state index contributed by atoms with van der Waals surface area (Å²) in [5.74, 6) is -0.176. The molecule has 0 heterocycles. The van der Waals surface area contributed by atoms with Gasteiger partial charge in [-0.15, -0.1) is 0 Å². The molecule has 310 valence electrons. The largest absolute Gasteiger partial charge is 0.472 e. The van der Waals surface area contributed by atoms with Crippen molar-refractivity contribution in [2.75, 3.05) is 40.9 Å². The lowest BCUT2D eigenvalue weighted by Gasteiger charge is -2.25. The number of rotatable bonds is 40. The average molecular weight is 760 g/mol. The number of hydrogen-bond donors (Lipinski definition) is 3. The molecule has 0 aromatic rings. The van der Waals surface area contributed by atoms with Gasteiger partial charge >= 0.3 is 7.82 Å². The van der Waals surface area contributed by atoms with E-state index in [9.17, 15) is 19.4 Å². The van der Waals surface area contributed by atoms with E-state index in [1.54, 1.807) is 6.08 Å². The van der Waals surface area contributed by atoms with Crippen LogP contribution >= 0.6 is 7.82 Å². The monoisotopic (exact) mass is 760 g/mol. The number of hydrogen-bond acceptors (Lipinski definition) is 5. The summed E-state index contributed by atoms with van der Waals surface area (Å²) in [5.41, 5.74) is 0. The number of phosphoric acid groups is 1. The lowest BCUT2D eigenvalue weighted by molar-refractivity contribution is -0.870. The standard InChI is InChI=1S/C43H87N2O6P/c1-6-8-10-12-14-16-18-20-21-22-23-25-26-28-30-32-34-36-42(46)41(40-51-52(48,49)50-39-38-45(3,4)5)44-43(47)37-35-33-31-29-27-24-19-17-15-13-11-9-7-2/h34,36,41-42,46H,6-33,35,37-40H2,1-5H3,(H-,44,47,48,49)/p+1/b36-34+. The van der Waals surface area contributed by atoms with Crippen molar-refractivity contribution in [1.82, 2.24) is 5.32 Å². The Morgan fingerprint density at radius 2 is 1.02 bits per heavy atom. The molecule has 1 amide bonds. The van der Waals surface area contributed by atoms with E-state index < -0.39 is 20.0 Å². The molecule has 9 heteroatoms. The van der Waals surface area contributed by atoms with Gasteiger partial charge in [0.25, 0.3) is 0 Å². The van der Waals surface area contributed by atoms with Crippen LogP contribution in [0.15, 0.2) is 12.2 Å². The molecule has 0 radical (unpaired) electrons. The molecule has 3 unspecified atom stereocenters. The molecule has 0 aliphatic heterocycles. The van der Waals surface area contributed by atoms with Crippen molar-refractivity contribution in [3.63, 3.8) is 0 Å². The lowest BCUT2D eigenvalue weighted by atomic mass is 10.0. The van der Waals surface area contributed by atoms with Gasteiger partial charge in [0.05, 0.1) is 39.9 Å². The van der Waals surface area contributed by atoms with Crippen molar-refractivity contribution in [3.05, 3.63) is 12.2 Å². The summed E-state index contributed by atoms with van der Waals surface area (Å²) in [4.78, 5) is 23.1. The van der Waals surface area contributed by atoms with E-state index in [-0.39, 0.29) is 19.1 Å². The van der Waals surface area contributed by atoms with Crippen molar-refractivity contribution in [2.24, 2.45) is 0 Å². The topological polar surface area (TPSA) is 105 Å². The number of quaternary nitrogens is 1. The SMILES string of the molecule is CCCCCCCCCCCCCCCCC/C=C/C(O)C(COP(=O)(O)OCC[N+](C)(C)C)NC(=O)CCCCCCCCCCCCCCC. The zero-order valence-corrected chi connectivity index (χ0v) is 36.0. The van der Waals surface area contributed by atoms with E-state index in [0.717, 1.165) is 32.1 Å². The number of carbonyl (C=O) groups excluding carboxylic acids is 1. The Balaban J connectivity index is 4.41. The molecular weight excluding hydrogens is 671 g/mol. The molecule has 8 nitrogen and oxygen atoms in total. The Labute approximate surface area is 322 Å². The van der Waals surface area contributed by atoms with Gasteiger partial charge in [-0.25, -0.2) is 4.57 Å². The van der Waals surface area contributed by atoms with Crippen LogP contribution < -0.4 is 5.32 Å². The molecule has 0 spiro atoms. The Morgan fingerprint density at radius 3 is 1.42 bits per heavy atom. The van der Waals surface area contributed by atoms with Crippen LogP contribution in [0.25, 0.3) is 0 Å². The summed E-state index contributed by atoms with van der Waals surface area (Å²) in [6.07, 6.45) is 39.8. The van der Waals surface area contributed by atoms with Crippen molar-refractivity contribution in [1.29, 1.82) is 0 Å². The Hall–Kier alpha value is -0.760. The number of carbonyl (C=O) groups is 1. The van der Waals surface area contributed by atoms with E-state index in [4.69, 9.17) is 9.05 Å². The van der Waals surface area contributed by atoms with Gasteiger partial charge in [-0.3, -0.25) is 13.8 Å². The molecule has 0 aliphatic carbocycles. The minimum Gasteiger partial charge on any atom is -0.387 e. The normalized spacial score (nSPS) is 14.5. The van der Waals surface area contributed by atoms with Gasteiger partial charge in [0.15, 0.2) is 0 Å². The van der Waals surface area contributed by atoms with Gasteiger partial charge in [-0.2, -0.15) is 0 Å². The Bertz CT molecular complexity index is 865. The predicted molar refractivity (Wildman–Crippen MR) is 222 cm³/mol. The summed E-state index contributed by atoms with van der Waals surface area (Å²) in [5, 5.41) is 13.8. The number of nitrogens with one attached hydrogen (secondary N) is 1. The van der Waals surface area contributed by atoms with Crippen LogP contribution in [0.2, 0.25) is 0 Å². The highest BCUT2D eigenvalue weighted by atomic mass is 31.2. The summed E-state index contributed by atoms with van der Waals surface area (Å²) >= 11 is 0. The third-order valence-corrected chi connectivity index (χ3v) is 11.0. The number of aliphatic hydroxyl groups excluding tert-OH is 1. The maximum absolute atomic E-state index is 12.8. The van der Waals surface area contributed by atoms with Crippen molar-refractivity contribution >= 4 is 13.7 Å². The quantitative estimate of drug-likeness (QED) is 0.0249. The number of aliphatic hydroxyl groups is 1. The number of likely N-dealkylation sites (N-methyl/N-ethyl adjacent to an activating group) is 1. The van der Waals surface area contributed by atoms with Gasteiger partial charge in [0.2, 0.25) is 5.91 Å². The first kappa shape index (κ1) is 51.2. The molecular formula is C43H88N2O6P+. The van der Waals surface area contributed by atoms with Crippen molar-refractivity contribution in [2.45, 2.75) is 219 Å². The van der Waals surface area contributed by atoms with Gasteiger partial charge in [0.1, 0.15) is 13.2 Å². The second-order valence-corrected chi connectivity index (χ2v) is 17.9. The fourth-order valence-corrected chi connectivity index (χ4v) is 7.19. The zero-order valence-electron chi connectivity index (χ0n) is 35.1. The van der Waals surface area contributed by atoms with Crippen LogP contribution in [0.3, 0.4) is 0 Å². The Kier molecular flexibility index (Phi) is 35.4. The molecule has 3 atom stereocenters. The minimum atomic E-state index is -4.33. The summed E-state index contributed by atoms with van der Waals surface area (Å²) in [6.45, 7) is 4.82. The number of unbranched alkanes of at least 4 members (excludes halogenated alkanes) is 27. The fourth-order valence-electron chi connectivity index (χ4n) is 6.45. The van der Waals surface area contributed by atoms with E-state index in [1.807, 2.05) is 27.2 Å². The molecule has 0 aliphatic rings. The first-order chi connectivity index (χ1) is 25.0. The fraction of sp³-hybridized carbons (Fsp3) is 0.930. The van der Waals surface area contributed by atoms with E-state index in [1.165, 1.54) is 154 Å². The Morgan fingerprint density at radius 1 is 0.635 bits per heavy atom. The molecule has 0 bridgehead atoms. The first-order valence-corrected chi connectivity index (χ1v) is 23.6. The highest BCUT2D eigenvalue weighted by molar-refractivity contribution is 7.47. The molecule has 0 fully saturated rings. The van der Waals surface area contributed by atoms with E-state index in [2.05, 4.69) is 19.2 Å². The summed E-state index contributed by atoms with van der Waals surface area (Å²) in [7, 11) is 1.58. The van der Waals surface area contributed by atoms with E-state index in [0.29, 0.717) is 17.4 Å².